The maximum absolute atomic E-state index is 12.5. The van der Waals surface area contributed by atoms with Crippen molar-refractivity contribution in [3.05, 3.63) is 51.8 Å². The van der Waals surface area contributed by atoms with Gasteiger partial charge in [0.1, 0.15) is 19.5 Å². The molecule has 3 aromatic rings. The summed E-state index contributed by atoms with van der Waals surface area (Å²) in [6.45, 7) is 1.50. The minimum atomic E-state index is -4.12. The third-order valence-corrected chi connectivity index (χ3v) is 5.28. The molecule has 0 atom stereocenters. The highest BCUT2D eigenvalue weighted by molar-refractivity contribution is 9.10. The van der Waals surface area contributed by atoms with Gasteiger partial charge in [-0.3, -0.25) is 4.72 Å². The van der Waals surface area contributed by atoms with Gasteiger partial charge in [0.05, 0.1) is 18.3 Å². The molecular formula is C19H20Br2N6O4S. The highest BCUT2D eigenvalue weighted by Gasteiger charge is 2.19. The van der Waals surface area contributed by atoms with Crippen molar-refractivity contribution < 1.29 is 26.1 Å². The third kappa shape index (κ3) is 7.08. The van der Waals surface area contributed by atoms with Crippen LogP contribution in [0.1, 0.15) is 21.6 Å². The molecule has 13 heteroatoms. The zero-order chi connectivity index (χ0) is 28.2. The molecule has 0 aliphatic carbocycles. The standard InChI is InChI=1S/C19H20Br2N6O4S/c1-2-7-26-32(28,29)27-17-16(13-3-5-14(20)6-4-13)18(25-12-24-17)30-8-9-31-19-22-10-15(21)11-23-19/h3-6,10-12,26H,2,7-9H2,1H3,(H,24,25,27)/i3D,4D,5D,6D,10D,11D. The van der Waals surface area contributed by atoms with Crippen molar-refractivity contribution in [2.75, 3.05) is 24.5 Å². The molecule has 0 saturated carbocycles. The predicted octanol–water partition coefficient (Wildman–Crippen LogP) is 3.57. The molecule has 0 fully saturated rings. The van der Waals surface area contributed by atoms with Gasteiger partial charge in [-0.1, -0.05) is 34.9 Å². The average molecular weight is 594 g/mol. The van der Waals surface area contributed by atoms with E-state index >= 15 is 0 Å². The van der Waals surface area contributed by atoms with Gasteiger partial charge in [0.15, 0.2) is 5.82 Å². The minimum Gasteiger partial charge on any atom is -0.473 e. The quantitative estimate of drug-likeness (QED) is 0.323. The van der Waals surface area contributed by atoms with Crippen LogP contribution in [-0.4, -0.2) is 48.1 Å². The van der Waals surface area contributed by atoms with Crippen molar-refractivity contribution in [3.8, 4) is 23.0 Å². The lowest BCUT2D eigenvalue weighted by molar-refractivity contribution is 0.202. The van der Waals surface area contributed by atoms with Crippen LogP contribution in [0.15, 0.2) is 51.8 Å². The Hall–Kier alpha value is -2.35. The van der Waals surface area contributed by atoms with Crippen molar-refractivity contribution in [3.63, 3.8) is 0 Å². The van der Waals surface area contributed by atoms with Gasteiger partial charge in [-0.25, -0.2) is 19.9 Å². The van der Waals surface area contributed by atoms with Crippen molar-refractivity contribution >= 4 is 47.9 Å². The number of rotatable bonds is 11. The van der Waals surface area contributed by atoms with Gasteiger partial charge in [0, 0.05) is 23.4 Å². The molecular weight excluding hydrogens is 568 g/mol. The van der Waals surface area contributed by atoms with Gasteiger partial charge in [-0.15, -0.1) is 0 Å². The van der Waals surface area contributed by atoms with E-state index in [2.05, 4.69) is 61.2 Å². The lowest BCUT2D eigenvalue weighted by atomic mass is 10.1. The minimum absolute atomic E-state index is 0.0762. The zero-order valence-electron chi connectivity index (χ0n) is 22.5. The van der Waals surface area contributed by atoms with Crippen LogP contribution in [0.5, 0.6) is 11.9 Å². The molecule has 0 amide bonds. The monoisotopic (exact) mass is 592 g/mol. The van der Waals surface area contributed by atoms with Crippen molar-refractivity contribution in [2.24, 2.45) is 0 Å². The number of hydrogen-bond acceptors (Lipinski definition) is 8. The Bertz CT molecular complexity index is 1420. The Morgan fingerprint density at radius 3 is 2.38 bits per heavy atom. The van der Waals surface area contributed by atoms with E-state index in [1.807, 2.05) is 0 Å². The van der Waals surface area contributed by atoms with Crippen LogP contribution in [0.25, 0.3) is 11.1 Å². The normalized spacial score (nSPS) is 13.8. The summed E-state index contributed by atoms with van der Waals surface area (Å²) in [7, 11) is -4.12. The fourth-order valence-electron chi connectivity index (χ4n) is 2.18. The fraction of sp³-hybridized carbons (Fsp3) is 0.263. The molecule has 10 nitrogen and oxygen atoms in total. The number of nitrogens with zero attached hydrogens (tertiary/aromatic N) is 4. The second kappa shape index (κ2) is 11.5. The van der Waals surface area contributed by atoms with E-state index in [0.29, 0.717) is 6.42 Å². The maximum atomic E-state index is 12.5. The molecule has 1 aromatic carbocycles. The summed E-state index contributed by atoms with van der Waals surface area (Å²) < 4.78 is 89.2. The van der Waals surface area contributed by atoms with Crippen LogP contribution < -0.4 is 18.9 Å². The van der Waals surface area contributed by atoms with E-state index in [4.69, 9.17) is 17.7 Å². The first-order valence-electron chi connectivity index (χ1n) is 12.0. The highest BCUT2D eigenvalue weighted by Crippen LogP contribution is 2.34. The number of benzene rings is 1. The Balaban J connectivity index is 2.00. The molecule has 2 aromatic heterocycles. The smallest absolute Gasteiger partial charge is 0.316 e. The lowest BCUT2D eigenvalue weighted by Crippen LogP contribution is -2.31. The number of ether oxygens (including phenoxy) is 2. The molecule has 0 bridgehead atoms. The molecule has 0 spiro atoms. The van der Waals surface area contributed by atoms with Gasteiger partial charge < -0.3 is 9.47 Å². The van der Waals surface area contributed by atoms with E-state index in [0.717, 1.165) is 6.33 Å². The first-order valence-corrected chi connectivity index (χ1v) is 12.1. The Kier molecular flexibility index (Phi) is 6.17. The molecule has 0 saturated heterocycles. The van der Waals surface area contributed by atoms with Crippen LogP contribution in [0.3, 0.4) is 0 Å². The van der Waals surface area contributed by atoms with Gasteiger partial charge in [-0.05, 0) is 40.0 Å². The van der Waals surface area contributed by atoms with Crippen molar-refractivity contribution in [1.29, 1.82) is 0 Å². The number of anilines is 1. The molecule has 0 unspecified atom stereocenters. The molecule has 3 rings (SSSR count). The van der Waals surface area contributed by atoms with Crippen molar-refractivity contribution in [1.82, 2.24) is 24.7 Å². The summed E-state index contributed by atoms with van der Waals surface area (Å²) in [6.07, 6.45) is 1.03. The van der Waals surface area contributed by atoms with Gasteiger partial charge in [-0.2, -0.15) is 13.1 Å². The maximum Gasteiger partial charge on any atom is 0.316 e. The summed E-state index contributed by atoms with van der Waals surface area (Å²) in [4.78, 5) is 15.5. The zero-order valence-corrected chi connectivity index (χ0v) is 20.5. The molecule has 2 N–H and O–H groups in total. The summed E-state index contributed by atoms with van der Waals surface area (Å²) in [5, 5.41) is 0. The molecule has 170 valence electrons. The van der Waals surface area contributed by atoms with E-state index in [1.165, 1.54) is 0 Å². The first kappa shape index (κ1) is 17.2. The molecule has 0 aliphatic rings. The van der Waals surface area contributed by atoms with Gasteiger partial charge in [0.25, 0.3) is 10.2 Å². The SMILES string of the molecule is [2H]c1nc(OCCOc2ncnc(NS(=O)(=O)NCCC)c2-c2c([2H])c([2H])c(Br)c([2H])c2[2H])nc([2H])c1Br. The predicted molar refractivity (Wildman–Crippen MR) is 127 cm³/mol. The van der Waals surface area contributed by atoms with Crippen molar-refractivity contribution in [2.45, 2.75) is 13.3 Å². The lowest BCUT2D eigenvalue weighted by Gasteiger charge is -2.15. The second-order valence-corrected chi connectivity index (χ2v) is 8.92. The van der Waals surface area contributed by atoms with Crippen LogP contribution in [0.4, 0.5) is 5.82 Å². The summed E-state index contributed by atoms with van der Waals surface area (Å²) in [6, 6.07) is -2.00. The van der Waals surface area contributed by atoms with Gasteiger partial charge in [0.2, 0.25) is 5.88 Å². The fourth-order valence-corrected chi connectivity index (χ4v) is 3.51. The highest BCUT2D eigenvalue weighted by atomic mass is 79.9. The Morgan fingerprint density at radius 1 is 1.00 bits per heavy atom. The van der Waals surface area contributed by atoms with E-state index < -0.39 is 34.4 Å². The van der Waals surface area contributed by atoms with Gasteiger partial charge >= 0.3 is 6.01 Å². The molecule has 2 heterocycles. The molecule has 0 aliphatic heterocycles. The van der Waals surface area contributed by atoms with E-state index in [9.17, 15) is 8.42 Å². The Labute approximate surface area is 211 Å². The van der Waals surface area contributed by atoms with E-state index in [1.54, 1.807) is 6.92 Å². The first-order chi connectivity index (χ1) is 17.9. The average Bonchev–Trinajstić information content (AvgIpc) is 2.87. The summed E-state index contributed by atoms with van der Waals surface area (Å²) in [5.41, 5.74) is -0.512. The molecule has 0 radical (unpaired) electrons. The van der Waals surface area contributed by atoms with Crippen LogP contribution in [-0.2, 0) is 10.2 Å². The number of aromatic nitrogens is 4. The van der Waals surface area contributed by atoms with E-state index in [-0.39, 0.29) is 69.9 Å². The second-order valence-electron chi connectivity index (χ2n) is 5.83. The van der Waals surface area contributed by atoms with Crippen LogP contribution in [0, 0.1) is 0 Å². The summed E-state index contributed by atoms with van der Waals surface area (Å²) >= 11 is 6.05. The number of nitrogens with one attached hydrogen (secondary N) is 2. The van der Waals surface area contributed by atoms with Crippen LogP contribution in [0.2, 0.25) is 0 Å². The number of hydrogen-bond donors (Lipinski definition) is 2. The third-order valence-electron chi connectivity index (χ3n) is 3.48. The summed E-state index contributed by atoms with van der Waals surface area (Å²) in [5.74, 6) is -0.587. The number of halogens is 2. The topological polar surface area (TPSA) is 128 Å². The van der Waals surface area contributed by atoms with Crippen LogP contribution >= 0.6 is 31.9 Å². The Morgan fingerprint density at radius 2 is 1.69 bits per heavy atom. The molecule has 32 heavy (non-hydrogen) atoms. The largest absolute Gasteiger partial charge is 0.473 e.